The van der Waals surface area contributed by atoms with Crippen molar-refractivity contribution in [2.75, 3.05) is 20.3 Å². The quantitative estimate of drug-likeness (QED) is 0.0280. The second-order valence-electron chi connectivity index (χ2n) is 16.3. The molecule has 0 heterocycles. The second-order valence-corrected chi connectivity index (χ2v) is 17.8. The number of carbonyl (C=O) groups excluding carboxylic acids is 2. The van der Waals surface area contributed by atoms with Crippen LogP contribution in [-0.4, -0.2) is 43.3 Å². The molecule has 0 aromatic rings. The molecule has 332 valence electrons. The van der Waals surface area contributed by atoms with Crippen LogP contribution in [0.25, 0.3) is 0 Å². The Kier molecular flexibility index (Phi) is 42.4. The Morgan fingerprint density at radius 1 is 0.482 bits per heavy atom. The normalized spacial score (nSPS) is 13.3. The van der Waals surface area contributed by atoms with Gasteiger partial charge in [0.2, 0.25) is 0 Å². The Morgan fingerprint density at radius 2 is 0.804 bits per heavy atom. The lowest BCUT2D eigenvalue weighted by Crippen LogP contribution is -2.29. The fourth-order valence-corrected chi connectivity index (χ4v) is 7.53. The molecule has 0 fully saturated rings. The smallest absolute Gasteiger partial charge is 0.462 e. The minimum absolute atomic E-state index is 0.220. The molecule has 0 rings (SSSR count). The van der Waals surface area contributed by atoms with Crippen LogP contribution < -0.4 is 0 Å². The van der Waals surface area contributed by atoms with Gasteiger partial charge in [-0.1, -0.05) is 212 Å². The molecule has 0 spiro atoms. The van der Waals surface area contributed by atoms with Crippen molar-refractivity contribution in [1.29, 1.82) is 0 Å². The fraction of sp³-hybridized carbons (Fsp3) is 0.915. The van der Waals surface area contributed by atoms with E-state index < -0.39 is 26.5 Å². The van der Waals surface area contributed by atoms with Crippen LogP contribution in [0.2, 0.25) is 0 Å². The van der Waals surface area contributed by atoms with Crippen LogP contribution in [0.3, 0.4) is 0 Å². The molecule has 0 amide bonds. The third-order valence-corrected chi connectivity index (χ3v) is 11.7. The number of carbonyl (C=O) groups is 2. The molecule has 9 heteroatoms. The van der Waals surface area contributed by atoms with E-state index in [9.17, 15) is 19.0 Å². The van der Waals surface area contributed by atoms with E-state index in [0.29, 0.717) is 12.8 Å². The van der Waals surface area contributed by atoms with Crippen molar-refractivity contribution in [3.63, 3.8) is 0 Å². The van der Waals surface area contributed by atoms with Crippen LogP contribution in [0, 0.1) is 0 Å². The van der Waals surface area contributed by atoms with Crippen LogP contribution >= 0.6 is 7.82 Å². The largest absolute Gasteiger partial charge is 0.472 e. The fourth-order valence-electron chi connectivity index (χ4n) is 7.07. The third-order valence-electron chi connectivity index (χ3n) is 10.8. The molecule has 0 aliphatic rings. The number of hydrogen-bond donors (Lipinski definition) is 1. The van der Waals surface area contributed by atoms with Crippen molar-refractivity contribution >= 4 is 19.8 Å². The van der Waals surface area contributed by atoms with E-state index in [4.69, 9.17) is 14.0 Å². The maximum atomic E-state index is 12.5. The molecule has 0 aliphatic heterocycles. The van der Waals surface area contributed by atoms with E-state index in [1.54, 1.807) is 0 Å². The summed E-state index contributed by atoms with van der Waals surface area (Å²) in [6.45, 7) is 3.93. The summed E-state index contributed by atoms with van der Waals surface area (Å²) in [5, 5.41) is 0. The zero-order valence-corrected chi connectivity index (χ0v) is 38.0. The predicted molar refractivity (Wildman–Crippen MR) is 235 cm³/mol. The molecule has 2 atom stereocenters. The van der Waals surface area contributed by atoms with E-state index in [0.717, 1.165) is 39.2 Å². The molecule has 2 unspecified atom stereocenters. The summed E-state index contributed by atoms with van der Waals surface area (Å²) in [4.78, 5) is 34.6. The predicted octanol–water partition coefficient (Wildman–Crippen LogP) is 15.2. The number of phosphoric acid groups is 1. The number of unbranched alkanes of at least 4 members (excludes halogenated alkanes) is 32. The molecule has 0 aromatic carbocycles. The van der Waals surface area contributed by atoms with E-state index in [1.807, 2.05) is 0 Å². The van der Waals surface area contributed by atoms with E-state index >= 15 is 0 Å². The highest BCUT2D eigenvalue weighted by molar-refractivity contribution is 7.47. The number of esters is 2. The molecule has 0 saturated heterocycles. The van der Waals surface area contributed by atoms with Gasteiger partial charge in [-0.25, -0.2) is 4.57 Å². The second kappa shape index (κ2) is 43.4. The van der Waals surface area contributed by atoms with Gasteiger partial charge in [-0.3, -0.25) is 18.6 Å². The zero-order chi connectivity index (χ0) is 41.1. The summed E-state index contributed by atoms with van der Waals surface area (Å²) < 4.78 is 32.1. The molecular weight excluding hydrogens is 723 g/mol. The average molecular weight is 815 g/mol. The number of ether oxygens (including phenoxy) is 2. The number of rotatable bonds is 45. The van der Waals surface area contributed by atoms with Crippen LogP contribution in [0.1, 0.15) is 251 Å². The van der Waals surface area contributed by atoms with Gasteiger partial charge in [0.15, 0.2) is 6.10 Å². The Balaban J connectivity index is 3.90. The van der Waals surface area contributed by atoms with Gasteiger partial charge in [0, 0.05) is 20.0 Å². The van der Waals surface area contributed by atoms with Crippen LogP contribution in [0.5, 0.6) is 0 Å². The molecule has 0 radical (unpaired) electrons. The highest BCUT2D eigenvalue weighted by Gasteiger charge is 2.24. The molecule has 0 aliphatic carbocycles. The van der Waals surface area contributed by atoms with Gasteiger partial charge in [-0.2, -0.15) is 0 Å². The highest BCUT2D eigenvalue weighted by Crippen LogP contribution is 2.42. The average Bonchev–Trinajstić information content (AvgIpc) is 3.19. The third kappa shape index (κ3) is 42.4. The molecule has 0 aromatic heterocycles. The Hall–Kier alpha value is -1.21. The van der Waals surface area contributed by atoms with Crippen LogP contribution in [0.4, 0.5) is 0 Å². The van der Waals surface area contributed by atoms with Crippen LogP contribution in [-0.2, 0) is 32.7 Å². The lowest BCUT2D eigenvalue weighted by Gasteiger charge is -2.19. The lowest BCUT2D eigenvalue weighted by atomic mass is 10.0. The van der Waals surface area contributed by atoms with Gasteiger partial charge >= 0.3 is 19.8 Å². The Morgan fingerprint density at radius 3 is 1.16 bits per heavy atom. The van der Waals surface area contributed by atoms with Crippen molar-refractivity contribution in [3.8, 4) is 0 Å². The van der Waals surface area contributed by atoms with Gasteiger partial charge < -0.3 is 14.4 Å². The van der Waals surface area contributed by atoms with Gasteiger partial charge in [0.1, 0.15) is 6.61 Å². The molecule has 56 heavy (non-hydrogen) atoms. The first-order valence-electron chi connectivity index (χ1n) is 23.9. The standard InChI is InChI=1S/C47H91O8P/c1-4-6-8-10-12-14-16-18-20-22-23-24-25-26-28-30-32-34-36-38-40-42-47(49)55-45(44-54-56(50,51)52-3)43-53-46(48)41-39-37-35-33-31-29-27-21-19-17-15-13-11-9-7-5-2/h22-23,45H,4-21,24-44H2,1-3H3,(H,50,51)/b23-22-. The zero-order valence-electron chi connectivity index (χ0n) is 37.1. The summed E-state index contributed by atoms with van der Waals surface area (Å²) in [7, 11) is -3.19. The summed E-state index contributed by atoms with van der Waals surface area (Å²) in [6, 6.07) is 0. The molecule has 0 saturated carbocycles. The van der Waals surface area contributed by atoms with Gasteiger partial charge in [0.25, 0.3) is 0 Å². The molecule has 8 nitrogen and oxygen atoms in total. The number of allylic oxidation sites excluding steroid dienone is 2. The number of phosphoric ester groups is 1. The van der Waals surface area contributed by atoms with Crippen LogP contribution in [0.15, 0.2) is 12.2 Å². The summed E-state index contributed by atoms with van der Waals surface area (Å²) in [5.41, 5.74) is 0. The summed E-state index contributed by atoms with van der Waals surface area (Å²) >= 11 is 0. The molecule has 0 bridgehead atoms. The van der Waals surface area contributed by atoms with E-state index in [1.165, 1.54) is 186 Å². The lowest BCUT2D eigenvalue weighted by molar-refractivity contribution is -0.161. The minimum atomic E-state index is -4.26. The molecular formula is C47H91O8P. The topological polar surface area (TPSA) is 108 Å². The molecule has 1 N–H and O–H groups in total. The minimum Gasteiger partial charge on any atom is -0.462 e. The summed E-state index contributed by atoms with van der Waals surface area (Å²) in [5.74, 6) is -0.791. The van der Waals surface area contributed by atoms with Gasteiger partial charge in [-0.15, -0.1) is 0 Å². The van der Waals surface area contributed by atoms with Gasteiger partial charge in [0.05, 0.1) is 6.61 Å². The summed E-state index contributed by atoms with van der Waals surface area (Å²) in [6.07, 6.45) is 48.4. The Bertz CT molecular complexity index is 926. The van der Waals surface area contributed by atoms with Crippen molar-refractivity contribution in [1.82, 2.24) is 0 Å². The van der Waals surface area contributed by atoms with E-state index in [2.05, 4.69) is 30.5 Å². The van der Waals surface area contributed by atoms with Gasteiger partial charge in [-0.05, 0) is 38.5 Å². The first kappa shape index (κ1) is 54.8. The maximum absolute atomic E-state index is 12.5. The number of hydrogen-bond acceptors (Lipinski definition) is 7. The first-order chi connectivity index (χ1) is 27.3. The van der Waals surface area contributed by atoms with Crippen molar-refractivity contribution in [2.24, 2.45) is 0 Å². The Labute approximate surface area is 346 Å². The monoisotopic (exact) mass is 815 g/mol. The maximum Gasteiger partial charge on any atom is 0.472 e. The first-order valence-corrected chi connectivity index (χ1v) is 25.4. The van der Waals surface area contributed by atoms with Crippen molar-refractivity contribution in [2.45, 2.75) is 258 Å². The van der Waals surface area contributed by atoms with Crippen molar-refractivity contribution in [3.05, 3.63) is 12.2 Å². The highest BCUT2D eigenvalue weighted by atomic mass is 31.2. The van der Waals surface area contributed by atoms with Crippen molar-refractivity contribution < 1.29 is 37.6 Å². The van der Waals surface area contributed by atoms with E-state index in [-0.39, 0.29) is 19.0 Å². The SMILES string of the molecule is CCCCCCCCCC/C=C\CCCCCCCCCCCC(=O)OC(COC(=O)CCCCCCCCCCCCCCCCCC)COP(=O)(O)OC.